The lowest BCUT2D eigenvalue weighted by atomic mass is 10.2. The number of ether oxygens (including phenoxy) is 1. The lowest BCUT2D eigenvalue weighted by molar-refractivity contribution is 0.0955. The minimum atomic E-state index is -0.291. The first kappa shape index (κ1) is 23.1. The molecule has 0 aliphatic heterocycles. The molecule has 34 heavy (non-hydrogen) atoms. The highest BCUT2D eigenvalue weighted by atomic mass is 35.5. The van der Waals surface area contributed by atoms with Crippen molar-refractivity contribution in [2.45, 2.75) is 6.61 Å². The van der Waals surface area contributed by atoms with Gasteiger partial charge in [-0.2, -0.15) is 5.10 Å². The molecule has 4 aromatic carbocycles. The summed E-state index contributed by atoms with van der Waals surface area (Å²) in [6.07, 6.45) is 1.62. The third-order valence-corrected chi connectivity index (χ3v) is 5.49. The molecule has 4 aromatic rings. The van der Waals surface area contributed by atoms with E-state index in [0.717, 1.165) is 22.5 Å². The average molecular weight is 470 g/mol. The molecule has 0 saturated heterocycles. The van der Waals surface area contributed by atoms with E-state index in [2.05, 4.69) is 27.6 Å². The summed E-state index contributed by atoms with van der Waals surface area (Å²) in [6.45, 7) is 0.424. The van der Waals surface area contributed by atoms with Crippen LogP contribution in [0.4, 0.5) is 11.4 Å². The summed E-state index contributed by atoms with van der Waals surface area (Å²) in [5.41, 5.74) is 7.13. The number of hydrogen-bond acceptors (Lipinski definition) is 4. The van der Waals surface area contributed by atoms with Gasteiger partial charge in [0.05, 0.1) is 6.21 Å². The number of carbonyl (C=O) groups excluding carboxylic acids is 1. The minimum absolute atomic E-state index is 0.291. The number of hydrogen-bond donors (Lipinski definition) is 1. The molecule has 0 bridgehead atoms. The van der Waals surface area contributed by atoms with Gasteiger partial charge in [0.1, 0.15) is 12.4 Å². The van der Waals surface area contributed by atoms with Gasteiger partial charge in [0.25, 0.3) is 5.91 Å². The van der Waals surface area contributed by atoms with Crippen LogP contribution in [0, 0.1) is 0 Å². The smallest absolute Gasteiger partial charge is 0.271 e. The van der Waals surface area contributed by atoms with Gasteiger partial charge in [0.15, 0.2) is 0 Å². The summed E-state index contributed by atoms with van der Waals surface area (Å²) in [6, 6.07) is 32.5. The number of nitrogens with one attached hydrogen (secondary N) is 1. The van der Waals surface area contributed by atoms with Gasteiger partial charge in [-0.3, -0.25) is 4.79 Å². The Morgan fingerprint density at radius 2 is 1.53 bits per heavy atom. The molecule has 1 N–H and O–H groups in total. The molecule has 0 heterocycles. The number of benzene rings is 4. The molecular formula is C28H24ClN3O2. The molecule has 0 radical (unpaired) electrons. The van der Waals surface area contributed by atoms with E-state index < -0.39 is 0 Å². The van der Waals surface area contributed by atoms with Gasteiger partial charge in [-0.15, -0.1) is 0 Å². The molecule has 170 valence electrons. The Morgan fingerprint density at radius 3 is 2.21 bits per heavy atom. The Morgan fingerprint density at radius 1 is 0.882 bits per heavy atom. The lowest BCUT2D eigenvalue weighted by Crippen LogP contribution is -2.17. The highest BCUT2D eigenvalue weighted by molar-refractivity contribution is 6.30. The van der Waals surface area contributed by atoms with E-state index in [1.54, 1.807) is 30.5 Å². The topological polar surface area (TPSA) is 53.9 Å². The summed E-state index contributed by atoms with van der Waals surface area (Å²) in [7, 11) is 2.02. The van der Waals surface area contributed by atoms with Crippen molar-refractivity contribution in [1.82, 2.24) is 5.43 Å². The number of anilines is 2. The van der Waals surface area contributed by atoms with Crippen LogP contribution in [0.2, 0.25) is 5.02 Å². The number of halogens is 1. The zero-order chi connectivity index (χ0) is 23.8. The van der Waals surface area contributed by atoms with Gasteiger partial charge in [-0.1, -0.05) is 54.1 Å². The van der Waals surface area contributed by atoms with Crippen LogP contribution in [0.5, 0.6) is 5.75 Å². The average Bonchev–Trinajstić information content (AvgIpc) is 2.89. The van der Waals surface area contributed by atoms with Crippen LogP contribution in [0.3, 0.4) is 0 Å². The predicted molar refractivity (Wildman–Crippen MR) is 138 cm³/mol. The van der Waals surface area contributed by atoms with Crippen molar-refractivity contribution in [3.63, 3.8) is 0 Å². The third kappa shape index (κ3) is 6.24. The molecule has 0 spiro atoms. The Balaban J connectivity index is 1.28. The second kappa shape index (κ2) is 11.2. The number of hydrazone groups is 1. The fourth-order valence-corrected chi connectivity index (χ4v) is 3.39. The monoisotopic (exact) mass is 469 g/mol. The first-order chi connectivity index (χ1) is 16.6. The summed E-state index contributed by atoms with van der Waals surface area (Å²) < 4.78 is 5.75. The number of para-hydroxylation sites is 1. The molecule has 5 nitrogen and oxygen atoms in total. The fraction of sp³-hybridized carbons (Fsp3) is 0.0714. The highest BCUT2D eigenvalue weighted by Crippen LogP contribution is 2.23. The van der Waals surface area contributed by atoms with Crippen LogP contribution in [-0.2, 0) is 6.61 Å². The van der Waals surface area contributed by atoms with Gasteiger partial charge in [-0.05, 0) is 71.8 Å². The number of nitrogens with zero attached hydrogens (tertiary/aromatic N) is 2. The maximum atomic E-state index is 12.4. The first-order valence-corrected chi connectivity index (χ1v) is 11.2. The maximum Gasteiger partial charge on any atom is 0.271 e. The molecule has 0 fully saturated rings. The Bertz CT molecular complexity index is 1240. The van der Waals surface area contributed by atoms with Gasteiger partial charge in [-0.25, -0.2) is 5.43 Å². The quantitative estimate of drug-likeness (QED) is 0.238. The Hall–Kier alpha value is -4.09. The molecule has 0 aliphatic rings. The molecule has 6 heteroatoms. The summed E-state index contributed by atoms with van der Waals surface area (Å²) in [5.74, 6) is 0.386. The van der Waals surface area contributed by atoms with Gasteiger partial charge < -0.3 is 9.64 Å². The minimum Gasteiger partial charge on any atom is -0.489 e. The zero-order valence-electron chi connectivity index (χ0n) is 18.7. The van der Waals surface area contributed by atoms with Crippen LogP contribution in [-0.4, -0.2) is 19.2 Å². The molecule has 0 aromatic heterocycles. The van der Waals surface area contributed by atoms with Crippen molar-refractivity contribution in [1.29, 1.82) is 0 Å². The van der Waals surface area contributed by atoms with Crippen LogP contribution in [0.15, 0.2) is 108 Å². The second-order valence-electron chi connectivity index (χ2n) is 7.62. The van der Waals surface area contributed by atoms with Gasteiger partial charge in [0, 0.05) is 29.0 Å². The summed E-state index contributed by atoms with van der Waals surface area (Å²) in [5, 5.41) is 4.77. The maximum absolute atomic E-state index is 12.4. The van der Waals surface area contributed by atoms with Crippen molar-refractivity contribution in [3.8, 4) is 5.75 Å². The summed E-state index contributed by atoms with van der Waals surface area (Å²) in [4.78, 5) is 14.5. The van der Waals surface area contributed by atoms with Crippen LogP contribution < -0.4 is 15.1 Å². The second-order valence-corrected chi connectivity index (χ2v) is 8.06. The molecular weight excluding hydrogens is 446 g/mol. The van der Waals surface area contributed by atoms with Gasteiger partial charge in [0.2, 0.25) is 0 Å². The van der Waals surface area contributed by atoms with E-state index in [-0.39, 0.29) is 5.91 Å². The fourth-order valence-electron chi connectivity index (χ4n) is 3.26. The Labute approximate surface area is 204 Å². The van der Waals surface area contributed by atoms with Crippen molar-refractivity contribution in [2.75, 3.05) is 11.9 Å². The predicted octanol–water partition coefficient (Wildman–Crippen LogP) is 6.45. The molecule has 0 atom stereocenters. The molecule has 0 unspecified atom stereocenters. The number of rotatable bonds is 8. The van der Waals surface area contributed by atoms with E-state index in [4.69, 9.17) is 16.3 Å². The van der Waals surface area contributed by atoms with E-state index in [1.807, 2.05) is 73.8 Å². The van der Waals surface area contributed by atoms with Crippen molar-refractivity contribution in [3.05, 3.63) is 125 Å². The number of carbonyl (C=O) groups is 1. The molecule has 1 amide bonds. The molecule has 0 aliphatic carbocycles. The van der Waals surface area contributed by atoms with E-state index in [0.29, 0.717) is 22.9 Å². The van der Waals surface area contributed by atoms with Crippen molar-refractivity contribution in [2.24, 2.45) is 5.10 Å². The Kier molecular flexibility index (Phi) is 7.58. The summed E-state index contributed by atoms with van der Waals surface area (Å²) >= 11 is 5.90. The van der Waals surface area contributed by atoms with Crippen molar-refractivity contribution < 1.29 is 9.53 Å². The lowest BCUT2D eigenvalue weighted by Gasteiger charge is -2.19. The number of amides is 1. The SMILES string of the molecule is CN(c1ccccc1)c1ccc(C=NNC(=O)c2ccc(OCc3ccc(Cl)cc3)cc2)cc1. The van der Waals surface area contributed by atoms with E-state index in [1.165, 1.54) is 0 Å². The van der Waals surface area contributed by atoms with Crippen LogP contribution >= 0.6 is 11.6 Å². The highest BCUT2D eigenvalue weighted by Gasteiger charge is 2.05. The molecule has 4 rings (SSSR count). The molecule has 0 saturated carbocycles. The van der Waals surface area contributed by atoms with Crippen LogP contribution in [0.1, 0.15) is 21.5 Å². The standard InChI is InChI=1S/C28H24ClN3O2/c1-32(25-5-3-2-4-6-25)26-15-9-21(10-16-26)19-30-31-28(33)23-11-17-27(18-12-23)34-20-22-7-13-24(29)14-8-22/h2-19H,20H2,1H3,(H,31,33). The zero-order valence-corrected chi connectivity index (χ0v) is 19.4. The van der Waals surface area contributed by atoms with Crippen LogP contribution in [0.25, 0.3) is 0 Å². The van der Waals surface area contributed by atoms with E-state index >= 15 is 0 Å². The third-order valence-electron chi connectivity index (χ3n) is 5.24. The van der Waals surface area contributed by atoms with Crippen molar-refractivity contribution >= 4 is 35.1 Å². The first-order valence-electron chi connectivity index (χ1n) is 10.8. The van der Waals surface area contributed by atoms with E-state index in [9.17, 15) is 4.79 Å². The largest absolute Gasteiger partial charge is 0.489 e. The van der Waals surface area contributed by atoms with Gasteiger partial charge >= 0.3 is 0 Å². The normalized spacial score (nSPS) is 10.8.